The number of nitrogens with one attached hydrogen (secondary N) is 1. The molecule has 1 aromatic heterocycles. The molecule has 1 atom stereocenters. The maximum Gasteiger partial charge on any atom is 0.311 e. The van der Waals surface area contributed by atoms with Crippen LogP contribution in [0.2, 0.25) is 5.02 Å². The molecule has 150 valence electrons. The van der Waals surface area contributed by atoms with E-state index in [9.17, 15) is 14.5 Å². The van der Waals surface area contributed by atoms with Gasteiger partial charge in [-0.1, -0.05) is 11.6 Å². The van der Waals surface area contributed by atoms with Crippen molar-refractivity contribution in [2.24, 2.45) is 0 Å². The fourth-order valence-corrected chi connectivity index (χ4v) is 3.28. The highest BCUT2D eigenvalue weighted by molar-refractivity contribution is 6.31. The van der Waals surface area contributed by atoms with E-state index in [2.05, 4.69) is 15.3 Å². The van der Waals surface area contributed by atoms with Crippen molar-refractivity contribution in [3.63, 3.8) is 0 Å². The molecule has 1 aliphatic rings. The Morgan fingerprint density at radius 2 is 2.21 bits per heavy atom. The van der Waals surface area contributed by atoms with Crippen molar-refractivity contribution in [3.05, 3.63) is 57.6 Å². The highest BCUT2D eigenvalue weighted by atomic mass is 35.5. The number of rotatable bonds is 6. The van der Waals surface area contributed by atoms with E-state index in [4.69, 9.17) is 21.1 Å². The molecule has 0 aliphatic carbocycles. The average Bonchev–Trinajstić information content (AvgIpc) is 3.22. The Morgan fingerprint density at radius 1 is 1.34 bits per heavy atom. The molecule has 4 rings (SSSR count). The number of halogens is 2. The van der Waals surface area contributed by atoms with Gasteiger partial charge in [-0.2, -0.15) is 0 Å². The molecule has 10 heteroatoms. The molecule has 1 fully saturated rings. The molecule has 1 N–H and O–H groups in total. The number of hydrogen-bond donors (Lipinski definition) is 1. The van der Waals surface area contributed by atoms with Crippen LogP contribution in [0, 0.1) is 15.9 Å². The number of ether oxygens (including phenoxy) is 2. The molecule has 0 radical (unpaired) electrons. The minimum atomic E-state index is -0.548. The van der Waals surface area contributed by atoms with E-state index in [0.717, 1.165) is 12.8 Å². The number of hydrogen-bond acceptors (Lipinski definition) is 7. The van der Waals surface area contributed by atoms with E-state index in [0.29, 0.717) is 29.0 Å². The van der Waals surface area contributed by atoms with Crippen molar-refractivity contribution in [3.8, 4) is 5.75 Å². The Labute approximate surface area is 169 Å². The SMILES string of the molecule is O=[N+]([O-])c1cc2c(Nc3ccc(F)c(Cl)c3)ncnc2cc1OC[C@@H]1CCCO1. The minimum absolute atomic E-state index is 0.0517. The van der Waals surface area contributed by atoms with Crippen molar-refractivity contribution in [2.75, 3.05) is 18.5 Å². The van der Waals surface area contributed by atoms with Crippen LogP contribution in [0.15, 0.2) is 36.7 Å². The Hall–Kier alpha value is -3.04. The average molecular weight is 419 g/mol. The third-order valence-corrected chi connectivity index (χ3v) is 4.83. The van der Waals surface area contributed by atoms with E-state index in [1.165, 1.54) is 36.7 Å². The number of nitrogens with zero attached hydrogens (tertiary/aromatic N) is 3. The maximum absolute atomic E-state index is 13.4. The molecule has 2 heterocycles. The number of benzene rings is 2. The molecular weight excluding hydrogens is 403 g/mol. The van der Waals surface area contributed by atoms with Crippen LogP contribution in [-0.4, -0.2) is 34.2 Å². The lowest BCUT2D eigenvalue weighted by atomic mass is 10.2. The molecule has 1 aliphatic heterocycles. The summed E-state index contributed by atoms with van der Waals surface area (Å²) in [6, 6.07) is 6.97. The van der Waals surface area contributed by atoms with Crippen molar-refractivity contribution in [1.82, 2.24) is 9.97 Å². The molecule has 0 amide bonds. The summed E-state index contributed by atoms with van der Waals surface area (Å²) in [6.07, 6.45) is 3.06. The monoisotopic (exact) mass is 418 g/mol. The van der Waals surface area contributed by atoms with Gasteiger partial charge < -0.3 is 14.8 Å². The normalized spacial score (nSPS) is 16.1. The van der Waals surface area contributed by atoms with Gasteiger partial charge in [0, 0.05) is 24.4 Å². The zero-order chi connectivity index (χ0) is 20.4. The minimum Gasteiger partial charge on any atom is -0.484 e. The molecule has 0 saturated carbocycles. The Bertz CT molecular complexity index is 1080. The van der Waals surface area contributed by atoms with Gasteiger partial charge in [0.1, 0.15) is 24.6 Å². The summed E-state index contributed by atoms with van der Waals surface area (Å²) in [5, 5.41) is 14.9. The van der Waals surface area contributed by atoms with Gasteiger partial charge in [-0.15, -0.1) is 0 Å². The van der Waals surface area contributed by atoms with Crippen LogP contribution in [-0.2, 0) is 4.74 Å². The first-order chi connectivity index (χ1) is 14.0. The molecule has 2 aromatic carbocycles. The Morgan fingerprint density at radius 3 is 2.93 bits per heavy atom. The molecule has 0 unspecified atom stereocenters. The fourth-order valence-electron chi connectivity index (χ4n) is 3.10. The largest absolute Gasteiger partial charge is 0.484 e. The molecule has 29 heavy (non-hydrogen) atoms. The van der Waals surface area contributed by atoms with Crippen LogP contribution in [0.25, 0.3) is 10.9 Å². The third kappa shape index (κ3) is 4.20. The second kappa shape index (κ2) is 8.14. The van der Waals surface area contributed by atoms with Gasteiger partial charge in [-0.05, 0) is 31.0 Å². The molecule has 0 spiro atoms. The zero-order valence-corrected chi connectivity index (χ0v) is 15.9. The highest BCUT2D eigenvalue weighted by Crippen LogP contribution is 2.35. The van der Waals surface area contributed by atoms with Crippen LogP contribution in [0.1, 0.15) is 12.8 Å². The number of anilines is 2. The van der Waals surface area contributed by atoms with Crippen molar-refractivity contribution < 1.29 is 18.8 Å². The first-order valence-corrected chi connectivity index (χ1v) is 9.28. The summed E-state index contributed by atoms with van der Waals surface area (Å²) < 4.78 is 24.5. The van der Waals surface area contributed by atoms with Gasteiger partial charge >= 0.3 is 5.69 Å². The first kappa shape index (κ1) is 19.3. The van der Waals surface area contributed by atoms with Gasteiger partial charge in [0.05, 0.1) is 27.0 Å². The fraction of sp³-hybridized carbons (Fsp3) is 0.263. The summed E-state index contributed by atoms with van der Waals surface area (Å²) in [5.74, 6) is -0.104. The highest BCUT2D eigenvalue weighted by Gasteiger charge is 2.22. The Balaban J connectivity index is 1.68. The van der Waals surface area contributed by atoms with Crippen molar-refractivity contribution in [2.45, 2.75) is 18.9 Å². The summed E-state index contributed by atoms with van der Waals surface area (Å²) in [7, 11) is 0. The van der Waals surface area contributed by atoms with Crippen molar-refractivity contribution >= 4 is 39.7 Å². The van der Waals surface area contributed by atoms with Gasteiger partial charge in [0.15, 0.2) is 5.75 Å². The van der Waals surface area contributed by atoms with E-state index >= 15 is 0 Å². The molecule has 0 bridgehead atoms. The lowest BCUT2D eigenvalue weighted by Gasteiger charge is -2.13. The van der Waals surface area contributed by atoms with Gasteiger partial charge in [-0.25, -0.2) is 14.4 Å². The van der Waals surface area contributed by atoms with E-state index in [1.54, 1.807) is 0 Å². The van der Waals surface area contributed by atoms with Gasteiger partial charge in [-0.3, -0.25) is 10.1 Å². The predicted molar refractivity (Wildman–Crippen MR) is 105 cm³/mol. The molecule has 3 aromatic rings. The number of aromatic nitrogens is 2. The summed E-state index contributed by atoms with van der Waals surface area (Å²) in [4.78, 5) is 19.4. The summed E-state index contributed by atoms with van der Waals surface area (Å²) >= 11 is 5.81. The lowest BCUT2D eigenvalue weighted by molar-refractivity contribution is -0.385. The second-order valence-corrected chi connectivity index (χ2v) is 6.92. The van der Waals surface area contributed by atoms with Crippen LogP contribution in [0.3, 0.4) is 0 Å². The van der Waals surface area contributed by atoms with Gasteiger partial charge in [0.25, 0.3) is 0 Å². The maximum atomic E-state index is 13.4. The zero-order valence-electron chi connectivity index (χ0n) is 15.1. The van der Waals surface area contributed by atoms with Crippen LogP contribution >= 0.6 is 11.6 Å². The lowest BCUT2D eigenvalue weighted by Crippen LogP contribution is -2.16. The Kier molecular flexibility index (Phi) is 5.41. The molecule has 1 saturated heterocycles. The quantitative estimate of drug-likeness (QED) is 0.460. The number of fused-ring (bicyclic) bond motifs is 1. The first-order valence-electron chi connectivity index (χ1n) is 8.91. The smallest absolute Gasteiger partial charge is 0.311 e. The van der Waals surface area contributed by atoms with Crippen LogP contribution < -0.4 is 10.1 Å². The molecule has 8 nitrogen and oxygen atoms in total. The third-order valence-electron chi connectivity index (χ3n) is 4.54. The number of nitro groups is 1. The summed E-state index contributed by atoms with van der Waals surface area (Å²) in [6.45, 7) is 0.903. The van der Waals surface area contributed by atoms with Crippen molar-refractivity contribution in [1.29, 1.82) is 0 Å². The van der Waals surface area contributed by atoms with E-state index in [-0.39, 0.29) is 29.2 Å². The van der Waals surface area contributed by atoms with Crippen LogP contribution in [0.5, 0.6) is 5.75 Å². The summed E-state index contributed by atoms with van der Waals surface area (Å²) in [5.41, 5.74) is 0.742. The topological polar surface area (TPSA) is 99.4 Å². The van der Waals surface area contributed by atoms with E-state index in [1.807, 2.05) is 0 Å². The van der Waals surface area contributed by atoms with Gasteiger partial charge in [0.2, 0.25) is 0 Å². The predicted octanol–water partition coefficient (Wildman–Crippen LogP) is 4.63. The number of nitro benzene ring substituents is 1. The standard InChI is InChI=1S/C19H16ClFN4O4/c20-14-6-11(3-4-15(14)21)24-19-13-7-17(25(26)27)18(8-16(13)22-10-23-19)29-9-12-2-1-5-28-12/h3-4,6-8,10,12H,1-2,5,9H2,(H,22,23,24)/t12-/m0/s1. The molecular formula is C19H16ClFN4O4. The van der Waals surface area contributed by atoms with E-state index < -0.39 is 10.7 Å². The van der Waals surface area contributed by atoms with Crippen LogP contribution in [0.4, 0.5) is 21.6 Å². The second-order valence-electron chi connectivity index (χ2n) is 6.52.